The molecule has 0 amide bonds. The highest BCUT2D eigenvalue weighted by molar-refractivity contribution is 6.35. The number of halogens is 1. The fraction of sp³-hybridized carbons (Fsp3) is 0.300. The van der Waals surface area contributed by atoms with Gasteiger partial charge in [0.2, 0.25) is 0 Å². The maximum Gasteiger partial charge on any atom is 0.0839 e. The fourth-order valence-electron chi connectivity index (χ4n) is 1.14. The van der Waals surface area contributed by atoms with Gasteiger partial charge < -0.3 is 0 Å². The van der Waals surface area contributed by atoms with Crippen LogP contribution in [0, 0.1) is 6.92 Å². The number of aromatic nitrogens is 2. The zero-order chi connectivity index (χ0) is 9.84. The van der Waals surface area contributed by atoms with Crippen molar-refractivity contribution >= 4 is 22.5 Å². The van der Waals surface area contributed by atoms with Crippen molar-refractivity contribution in [1.82, 2.24) is 10.2 Å². The van der Waals surface area contributed by atoms with Crippen molar-refractivity contribution in [2.75, 3.05) is 0 Å². The Morgan fingerprint density at radius 3 is 2.62 bits per heavy atom. The number of nitrogens with zero attached hydrogens (tertiary/aromatic N) is 1. The summed E-state index contributed by atoms with van der Waals surface area (Å²) in [5.74, 6) is 0. The standard InChI is InChI=1S/C8H7ClN2.C2H6/c1-5-2-3-7(9)8-6(5)4-10-11-8;1-2/h2-4H,1H3,(H,10,11);1-2H3. The Balaban J connectivity index is 0.000000396. The first-order valence-corrected chi connectivity index (χ1v) is 4.75. The lowest BCUT2D eigenvalue weighted by molar-refractivity contribution is 1.12. The van der Waals surface area contributed by atoms with Crippen LogP contribution in [0.4, 0.5) is 0 Å². The zero-order valence-corrected chi connectivity index (χ0v) is 8.81. The average Bonchev–Trinajstić information content (AvgIpc) is 2.64. The van der Waals surface area contributed by atoms with Crippen LogP contribution in [0.5, 0.6) is 0 Å². The van der Waals surface area contributed by atoms with Crippen LogP contribution in [-0.2, 0) is 0 Å². The van der Waals surface area contributed by atoms with Crippen molar-refractivity contribution < 1.29 is 0 Å². The van der Waals surface area contributed by atoms with Crippen molar-refractivity contribution in [2.24, 2.45) is 0 Å². The smallest absolute Gasteiger partial charge is 0.0839 e. The summed E-state index contributed by atoms with van der Waals surface area (Å²) in [6, 6.07) is 3.86. The number of hydrogen-bond donors (Lipinski definition) is 1. The van der Waals surface area contributed by atoms with Crippen LogP contribution in [0.25, 0.3) is 10.9 Å². The topological polar surface area (TPSA) is 28.7 Å². The minimum atomic E-state index is 0.725. The summed E-state index contributed by atoms with van der Waals surface area (Å²) in [5.41, 5.74) is 2.12. The molecule has 70 valence electrons. The van der Waals surface area contributed by atoms with E-state index in [-0.39, 0.29) is 0 Å². The second kappa shape index (κ2) is 4.28. The van der Waals surface area contributed by atoms with E-state index in [4.69, 9.17) is 11.6 Å². The molecule has 0 aliphatic carbocycles. The first-order chi connectivity index (χ1) is 6.29. The maximum absolute atomic E-state index is 5.90. The Bertz CT molecular complexity index is 357. The zero-order valence-electron chi connectivity index (χ0n) is 8.06. The van der Waals surface area contributed by atoms with Crippen molar-refractivity contribution in [1.29, 1.82) is 0 Å². The summed E-state index contributed by atoms with van der Waals surface area (Å²) < 4.78 is 0. The van der Waals surface area contributed by atoms with Gasteiger partial charge in [-0.2, -0.15) is 5.10 Å². The minimum Gasteiger partial charge on any atom is -0.276 e. The van der Waals surface area contributed by atoms with Crippen LogP contribution < -0.4 is 0 Å². The van der Waals surface area contributed by atoms with Crippen LogP contribution in [0.15, 0.2) is 18.3 Å². The van der Waals surface area contributed by atoms with Gasteiger partial charge in [-0.1, -0.05) is 31.5 Å². The summed E-state index contributed by atoms with van der Waals surface area (Å²) >= 11 is 5.90. The quantitative estimate of drug-likeness (QED) is 0.686. The molecule has 1 N–H and O–H groups in total. The number of benzene rings is 1. The molecule has 0 spiro atoms. The van der Waals surface area contributed by atoms with Gasteiger partial charge >= 0.3 is 0 Å². The number of fused-ring (bicyclic) bond motifs is 1. The summed E-state index contributed by atoms with van der Waals surface area (Å²) in [4.78, 5) is 0. The van der Waals surface area contributed by atoms with E-state index in [0.717, 1.165) is 15.9 Å². The van der Waals surface area contributed by atoms with E-state index >= 15 is 0 Å². The van der Waals surface area contributed by atoms with Crippen LogP contribution in [0.2, 0.25) is 5.02 Å². The molecule has 2 aromatic rings. The van der Waals surface area contributed by atoms with E-state index in [9.17, 15) is 0 Å². The molecule has 2 nitrogen and oxygen atoms in total. The Labute approximate surface area is 82.9 Å². The van der Waals surface area contributed by atoms with Gasteiger partial charge in [0.05, 0.1) is 16.7 Å². The van der Waals surface area contributed by atoms with Gasteiger partial charge in [-0.25, -0.2) is 0 Å². The van der Waals surface area contributed by atoms with Gasteiger partial charge in [0, 0.05) is 5.39 Å². The van der Waals surface area contributed by atoms with E-state index in [0.29, 0.717) is 0 Å². The fourth-order valence-corrected chi connectivity index (χ4v) is 1.35. The van der Waals surface area contributed by atoms with Crippen LogP contribution in [0.3, 0.4) is 0 Å². The molecule has 0 saturated heterocycles. The summed E-state index contributed by atoms with van der Waals surface area (Å²) in [5, 5.41) is 8.58. The molecule has 1 aromatic heterocycles. The highest BCUT2D eigenvalue weighted by atomic mass is 35.5. The maximum atomic E-state index is 5.90. The normalized spacial score (nSPS) is 9.54. The Morgan fingerprint density at radius 2 is 2.00 bits per heavy atom. The first-order valence-electron chi connectivity index (χ1n) is 4.37. The highest BCUT2D eigenvalue weighted by Gasteiger charge is 2.01. The molecule has 0 bridgehead atoms. The monoisotopic (exact) mass is 196 g/mol. The van der Waals surface area contributed by atoms with E-state index in [2.05, 4.69) is 10.2 Å². The number of aromatic amines is 1. The van der Waals surface area contributed by atoms with Gasteiger partial charge in [-0.3, -0.25) is 5.10 Å². The Morgan fingerprint density at radius 1 is 1.31 bits per heavy atom. The molecule has 0 fully saturated rings. The van der Waals surface area contributed by atoms with Crippen molar-refractivity contribution in [3.63, 3.8) is 0 Å². The van der Waals surface area contributed by atoms with E-state index in [1.54, 1.807) is 6.20 Å². The molecule has 3 heteroatoms. The lowest BCUT2D eigenvalue weighted by atomic mass is 10.1. The van der Waals surface area contributed by atoms with E-state index in [1.807, 2.05) is 32.9 Å². The van der Waals surface area contributed by atoms with Crippen molar-refractivity contribution in [3.05, 3.63) is 28.9 Å². The van der Waals surface area contributed by atoms with Gasteiger partial charge in [0.1, 0.15) is 0 Å². The number of rotatable bonds is 0. The molecule has 0 aliphatic rings. The number of hydrogen-bond acceptors (Lipinski definition) is 1. The lowest BCUT2D eigenvalue weighted by Crippen LogP contribution is -1.74. The van der Waals surface area contributed by atoms with Gasteiger partial charge in [0.25, 0.3) is 0 Å². The highest BCUT2D eigenvalue weighted by Crippen LogP contribution is 2.23. The summed E-state index contributed by atoms with van der Waals surface area (Å²) in [7, 11) is 0. The Hall–Kier alpha value is -1.02. The van der Waals surface area contributed by atoms with Crippen molar-refractivity contribution in [2.45, 2.75) is 20.8 Å². The molecule has 2 rings (SSSR count). The summed E-state index contributed by atoms with van der Waals surface area (Å²) in [6.07, 6.45) is 1.79. The molecule has 0 unspecified atom stereocenters. The van der Waals surface area contributed by atoms with Gasteiger partial charge in [-0.05, 0) is 18.6 Å². The SMILES string of the molecule is CC.Cc1ccc(Cl)c2[nH]ncc12. The second-order valence-corrected chi connectivity index (χ2v) is 2.93. The lowest BCUT2D eigenvalue weighted by Gasteiger charge is -1.95. The predicted octanol–water partition coefficient (Wildman–Crippen LogP) is 3.55. The largest absolute Gasteiger partial charge is 0.276 e. The predicted molar refractivity (Wildman–Crippen MR) is 57.2 cm³/mol. The van der Waals surface area contributed by atoms with Crippen LogP contribution >= 0.6 is 11.6 Å². The Kier molecular flexibility index (Phi) is 3.32. The van der Waals surface area contributed by atoms with Gasteiger partial charge in [-0.15, -0.1) is 0 Å². The molecule has 0 atom stereocenters. The number of H-pyrrole nitrogens is 1. The first kappa shape index (κ1) is 10.1. The molecular weight excluding hydrogens is 184 g/mol. The number of aryl methyl sites for hydroxylation is 1. The van der Waals surface area contributed by atoms with E-state index in [1.165, 1.54) is 5.56 Å². The van der Waals surface area contributed by atoms with E-state index < -0.39 is 0 Å². The third-order valence-electron chi connectivity index (χ3n) is 1.78. The average molecular weight is 197 g/mol. The molecule has 1 heterocycles. The summed E-state index contributed by atoms with van der Waals surface area (Å²) in [6.45, 7) is 6.04. The molecule has 0 radical (unpaired) electrons. The second-order valence-electron chi connectivity index (χ2n) is 2.52. The van der Waals surface area contributed by atoms with Crippen LogP contribution in [0.1, 0.15) is 19.4 Å². The van der Waals surface area contributed by atoms with Crippen molar-refractivity contribution in [3.8, 4) is 0 Å². The molecule has 0 saturated carbocycles. The van der Waals surface area contributed by atoms with Crippen LogP contribution in [-0.4, -0.2) is 10.2 Å². The third-order valence-corrected chi connectivity index (χ3v) is 2.10. The molecule has 1 aromatic carbocycles. The van der Waals surface area contributed by atoms with Gasteiger partial charge in [0.15, 0.2) is 0 Å². The molecular formula is C10H13ClN2. The molecule has 0 aliphatic heterocycles. The molecule has 13 heavy (non-hydrogen) atoms. The minimum absolute atomic E-state index is 0.725. The third kappa shape index (κ3) is 1.83. The number of nitrogens with one attached hydrogen (secondary N) is 1.